The van der Waals surface area contributed by atoms with Crippen LogP contribution in [-0.2, 0) is 28.9 Å². The molecule has 8 nitrogen and oxygen atoms in total. The molecule has 2 heterocycles. The second-order valence-electron chi connectivity index (χ2n) is 5.70. The summed E-state index contributed by atoms with van der Waals surface area (Å²) in [7, 11) is -1.27. The van der Waals surface area contributed by atoms with Gasteiger partial charge in [-0.2, -0.15) is 4.31 Å². The predicted octanol–water partition coefficient (Wildman–Crippen LogP) is -0.810. The third kappa shape index (κ3) is 2.64. The van der Waals surface area contributed by atoms with Gasteiger partial charge in [-0.15, -0.1) is 0 Å². The Morgan fingerprint density at radius 1 is 1.05 bits per heavy atom. The number of hydrogen-bond acceptors (Lipinski definition) is 5. The van der Waals surface area contributed by atoms with Crippen LogP contribution >= 0.6 is 0 Å². The molecule has 0 amide bonds. The Labute approximate surface area is 129 Å². The first-order chi connectivity index (χ1) is 10.1. The van der Waals surface area contributed by atoms with Gasteiger partial charge in [-0.25, -0.2) is 13.2 Å². The predicted molar refractivity (Wildman–Crippen MR) is 80.4 cm³/mol. The highest BCUT2D eigenvalue weighted by atomic mass is 32.2. The van der Waals surface area contributed by atoms with Gasteiger partial charge in [0.2, 0.25) is 0 Å². The number of hydrogen-bond donors (Lipinski definition) is 0. The summed E-state index contributed by atoms with van der Waals surface area (Å²) in [5, 5.41) is 0. The first-order valence-corrected chi connectivity index (χ1v) is 8.43. The zero-order valence-corrected chi connectivity index (χ0v) is 14.2. The fourth-order valence-electron chi connectivity index (χ4n) is 2.67. The highest BCUT2D eigenvalue weighted by Crippen LogP contribution is 2.20. The third-order valence-electron chi connectivity index (χ3n) is 3.89. The molecular formula is C13H21N3O5S. The Kier molecular flexibility index (Phi) is 4.33. The zero-order chi connectivity index (χ0) is 16.8. The van der Waals surface area contributed by atoms with Gasteiger partial charge < -0.3 is 4.74 Å². The summed E-state index contributed by atoms with van der Waals surface area (Å²) in [6.45, 7) is 5.38. The molecule has 2 rings (SSSR count). The minimum Gasteiger partial charge on any atom is -0.373 e. The van der Waals surface area contributed by atoms with E-state index in [-0.39, 0.29) is 35.9 Å². The number of nitrogens with zero attached hydrogens (tertiary/aromatic N) is 3. The average molecular weight is 331 g/mol. The lowest BCUT2D eigenvalue weighted by Gasteiger charge is -2.34. The number of morpholine rings is 1. The van der Waals surface area contributed by atoms with Crippen molar-refractivity contribution in [2.45, 2.75) is 37.9 Å². The molecule has 0 N–H and O–H groups in total. The normalized spacial score (nSPS) is 23.7. The smallest absolute Gasteiger partial charge is 0.330 e. The molecule has 1 aliphatic heterocycles. The van der Waals surface area contributed by atoms with Crippen molar-refractivity contribution in [3.63, 3.8) is 0 Å². The first-order valence-electron chi connectivity index (χ1n) is 6.99. The first kappa shape index (κ1) is 16.9. The molecule has 1 aromatic rings. The van der Waals surface area contributed by atoms with Gasteiger partial charge in [-0.05, 0) is 20.8 Å². The van der Waals surface area contributed by atoms with Crippen molar-refractivity contribution in [2.75, 3.05) is 13.1 Å². The van der Waals surface area contributed by atoms with Crippen molar-refractivity contribution in [2.24, 2.45) is 14.1 Å². The summed E-state index contributed by atoms with van der Waals surface area (Å²) >= 11 is 0. The van der Waals surface area contributed by atoms with E-state index in [1.165, 1.54) is 29.9 Å². The van der Waals surface area contributed by atoms with E-state index in [0.29, 0.717) is 0 Å². The van der Waals surface area contributed by atoms with E-state index in [0.717, 1.165) is 4.57 Å². The monoisotopic (exact) mass is 331 g/mol. The molecule has 1 aliphatic rings. The van der Waals surface area contributed by atoms with Gasteiger partial charge in [-0.1, -0.05) is 0 Å². The maximum atomic E-state index is 12.9. The Morgan fingerprint density at radius 3 is 2.05 bits per heavy atom. The fourth-order valence-corrected chi connectivity index (χ4v) is 4.61. The van der Waals surface area contributed by atoms with Gasteiger partial charge in [0, 0.05) is 32.9 Å². The van der Waals surface area contributed by atoms with E-state index >= 15 is 0 Å². The molecule has 9 heteroatoms. The quantitative estimate of drug-likeness (QED) is 0.707. The van der Waals surface area contributed by atoms with Crippen molar-refractivity contribution in [1.29, 1.82) is 0 Å². The van der Waals surface area contributed by atoms with Crippen LogP contribution in [0.4, 0.5) is 0 Å². The summed E-state index contributed by atoms with van der Waals surface area (Å²) in [4.78, 5) is 23.8. The summed E-state index contributed by atoms with van der Waals surface area (Å²) in [5.41, 5.74) is -1.21. The lowest BCUT2D eigenvalue weighted by Crippen LogP contribution is -2.50. The highest BCUT2D eigenvalue weighted by Gasteiger charge is 2.36. The fraction of sp³-hybridized carbons (Fsp3) is 0.692. The van der Waals surface area contributed by atoms with Gasteiger partial charge in [0.15, 0.2) is 4.90 Å². The van der Waals surface area contributed by atoms with Crippen molar-refractivity contribution in [3.05, 3.63) is 26.5 Å². The Hall–Kier alpha value is -1.45. The molecule has 0 aliphatic carbocycles. The molecule has 1 saturated heterocycles. The second kappa shape index (κ2) is 5.64. The van der Waals surface area contributed by atoms with Crippen molar-refractivity contribution in [1.82, 2.24) is 13.4 Å². The maximum Gasteiger partial charge on any atom is 0.330 e. The average Bonchev–Trinajstić information content (AvgIpc) is 2.42. The Balaban J connectivity index is 2.65. The summed E-state index contributed by atoms with van der Waals surface area (Å²) < 4.78 is 34.5. The summed E-state index contributed by atoms with van der Waals surface area (Å²) in [6.07, 6.45) is -0.509. The van der Waals surface area contributed by atoms with Gasteiger partial charge >= 0.3 is 5.69 Å². The molecule has 0 bridgehead atoms. The highest BCUT2D eigenvalue weighted by molar-refractivity contribution is 7.89. The van der Waals surface area contributed by atoms with Crippen LogP contribution in [0.1, 0.15) is 19.5 Å². The summed E-state index contributed by atoms with van der Waals surface area (Å²) in [5.74, 6) is 0. The van der Waals surface area contributed by atoms with E-state index in [9.17, 15) is 18.0 Å². The largest absolute Gasteiger partial charge is 0.373 e. The van der Waals surface area contributed by atoms with Crippen LogP contribution in [0.5, 0.6) is 0 Å². The van der Waals surface area contributed by atoms with Crippen LogP contribution in [0.15, 0.2) is 14.5 Å². The van der Waals surface area contributed by atoms with Gasteiger partial charge in [0.25, 0.3) is 15.6 Å². The SMILES string of the molecule is Cc1c(S(=O)(=O)N2CC(C)OC(C)C2)c(=O)n(C)c(=O)n1C. The third-order valence-corrected chi connectivity index (χ3v) is 5.85. The number of aromatic nitrogens is 2. The number of rotatable bonds is 2. The minimum atomic E-state index is -3.99. The molecule has 22 heavy (non-hydrogen) atoms. The molecule has 0 aromatic carbocycles. The Bertz CT molecular complexity index is 798. The van der Waals surface area contributed by atoms with Crippen LogP contribution in [0.2, 0.25) is 0 Å². The summed E-state index contributed by atoms with van der Waals surface area (Å²) in [6, 6.07) is 0. The van der Waals surface area contributed by atoms with E-state index in [2.05, 4.69) is 0 Å². The van der Waals surface area contributed by atoms with Gasteiger partial charge in [-0.3, -0.25) is 13.9 Å². The van der Waals surface area contributed by atoms with E-state index in [1.807, 2.05) is 0 Å². The van der Waals surface area contributed by atoms with E-state index in [4.69, 9.17) is 4.74 Å². The molecular weight excluding hydrogens is 310 g/mol. The number of sulfonamides is 1. The molecule has 0 saturated carbocycles. The standard InChI is InChI=1S/C13H21N3O5S/c1-8-6-16(7-9(2)21-8)22(19,20)11-10(3)14(4)13(18)15(5)12(11)17/h8-9H,6-7H2,1-5H3. The molecule has 0 spiro atoms. The lowest BCUT2D eigenvalue weighted by atomic mass is 10.3. The molecule has 1 aromatic heterocycles. The second-order valence-corrected chi connectivity index (χ2v) is 7.57. The maximum absolute atomic E-state index is 12.9. The topological polar surface area (TPSA) is 90.6 Å². The molecule has 2 unspecified atom stereocenters. The van der Waals surface area contributed by atoms with Gasteiger partial charge in [0.05, 0.1) is 12.2 Å². The Morgan fingerprint density at radius 2 is 1.55 bits per heavy atom. The van der Waals surface area contributed by atoms with Crippen molar-refractivity contribution >= 4 is 10.0 Å². The number of ether oxygens (including phenoxy) is 1. The van der Waals surface area contributed by atoms with Crippen LogP contribution in [0.25, 0.3) is 0 Å². The van der Waals surface area contributed by atoms with Gasteiger partial charge in [0.1, 0.15) is 0 Å². The zero-order valence-electron chi connectivity index (χ0n) is 13.4. The molecule has 1 fully saturated rings. The van der Waals surface area contributed by atoms with Crippen molar-refractivity contribution in [3.8, 4) is 0 Å². The van der Waals surface area contributed by atoms with E-state index < -0.39 is 21.3 Å². The minimum absolute atomic E-state index is 0.139. The van der Waals surface area contributed by atoms with Crippen LogP contribution in [0, 0.1) is 6.92 Å². The van der Waals surface area contributed by atoms with Crippen LogP contribution < -0.4 is 11.2 Å². The molecule has 0 radical (unpaired) electrons. The molecule has 2 atom stereocenters. The molecule has 124 valence electrons. The van der Waals surface area contributed by atoms with Crippen LogP contribution in [-0.4, -0.2) is 47.2 Å². The van der Waals surface area contributed by atoms with Crippen molar-refractivity contribution < 1.29 is 13.2 Å². The van der Waals surface area contributed by atoms with E-state index in [1.54, 1.807) is 13.8 Å². The van der Waals surface area contributed by atoms with Crippen LogP contribution in [0.3, 0.4) is 0 Å². The lowest BCUT2D eigenvalue weighted by molar-refractivity contribution is -0.0441.